The molecule has 1 aliphatic heterocycles. The normalized spacial score (nSPS) is 20.2. The molecule has 0 aromatic heterocycles. The van der Waals surface area contributed by atoms with E-state index in [0.29, 0.717) is 31.1 Å². The smallest absolute Gasteiger partial charge is 0.407 e. The Balaban J connectivity index is 2.43. The van der Waals surface area contributed by atoms with E-state index in [0.717, 1.165) is 19.5 Å². The maximum atomic E-state index is 11.6. The zero-order valence-corrected chi connectivity index (χ0v) is 15.7. The van der Waals surface area contributed by atoms with Gasteiger partial charge in [0.25, 0.3) is 0 Å². The lowest BCUT2D eigenvalue weighted by Gasteiger charge is -2.23. The number of nitrogens with zero attached hydrogens (tertiary/aromatic N) is 2. The number of guanidine groups is 1. The van der Waals surface area contributed by atoms with E-state index in [1.54, 1.807) is 6.92 Å². The van der Waals surface area contributed by atoms with Crippen molar-refractivity contribution in [2.75, 3.05) is 32.8 Å². The van der Waals surface area contributed by atoms with Gasteiger partial charge in [0.15, 0.2) is 5.96 Å². The number of likely N-dealkylation sites (tertiary alicyclic amines) is 1. The maximum absolute atomic E-state index is 11.6. The number of hydrogen-bond acceptors (Lipinski definition) is 4. The van der Waals surface area contributed by atoms with Crippen molar-refractivity contribution < 1.29 is 9.53 Å². The van der Waals surface area contributed by atoms with Crippen molar-refractivity contribution in [1.82, 2.24) is 15.5 Å². The summed E-state index contributed by atoms with van der Waals surface area (Å²) in [6.45, 7) is 12.1. The number of ether oxygens (including phenoxy) is 1. The second-order valence-corrected chi connectivity index (χ2v) is 6.72. The predicted octanol–water partition coefficient (Wildman–Crippen LogP) is 1.54. The molecule has 0 bridgehead atoms. The third-order valence-electron chi connectivity index (χ3n) is 4.26. The van der Waals surface area contributed by atoms with Crippen LogP contribution in [-0.2, 0) is 4.74 Å². The average molecular weight is 342 g/mol. The third kappa shape index (κ3) is 7.86. The fourth-order valence-electron chi connectivity index (χ4n) is 3.12. The van der Waals surface area contributed by atoms with Gasteiger partial charge in [0.2, 0.25) is 0 Å². The zero-order valence-electron chi connectivity index (χ0n) is 15.7. The van der Waals surface area contributed by atoms with Crippen LogP contribution in [-0.4, -0.2) is 61.8 Å². The quantitative estimate of drug-likeness (QED) is 0.437. The van der Waals surface area contributed by atoms with Crippen LogP contribution >= 0.6 is 0 Å². The molecule has 0 spiro atoms. The SMILES string of the molecule is CCOC(=O)NC(CN=C(N)NCC1CCCN1CC)CC(C)C. The lowest BCUT2D eigenvalue weighted by Crippen LogP contribution is -2.44. The van der Waals surface area contributed by atoms with E-state index in [1.807, 2.05) is 0 Å². The highest BCUT2D eigenvalue weighted by molar-refractivity contribution is 5.77. The summed E-state index contributed by atoms with van der Waals surface area (Å²) < 4.78 is 4.95. The molecule has 7 heteroatoms. The van der Waals surface area contributed by atoms with Gasteiger partial charge in [-0.2, -0.15) is 0 Å². The Morgan fingerprint density at radius 1 is 1.42 bits per heavy atom. The number of nitrogens with two attached hydrogens (primary N) is 1. The van der Waals surface area contributed by atoms with Gasteiger partial charge in [-0.05, 0) is 45.2 Å². The summed E-state index contributed by atoms with van der Waals surface area (Å²) in [7, 11) is 0. The topological polar surface area (TPSA) is 92.0 Å². The molecule has 140 valence electrons. The first-order chi connectivity index (χ1) is 11.5. The monoisotopic (exact) mass is 341 g/mol. The molecular formula is C17H35N5O2. The minimum atomic E-state index is -0.394. The standard InChI is InChI=1S/C17H35N5O2/c1-5-22-9-7-8-15(22)12-20-16(18)19-11-14(10-13(3)4)21-17(23)24-6-2/h13-15H,5-12H2,1-4H3,(H,21,23)(H3,18,19,20). The molecule has 0 aromatic rings. The van der Waals surface area contributed by atoms with Gasteiger partial charge < -0.3 is 21.1 Å². The first kappa shape index (κ1) is 20.5. The molecule has 1 fully saturated rings. The molecule has 1 rings (SSSR count). The van der Waals surface area contributed by atoms with E-state index in [4.69, 9.17) is 10.5 Å². The summed E-state index contributed by atoms with van der Waals surface area (Å²) in [5.41, 5.74) is 5.98. The molecule has 0 saturated carbocycles. The number of hydrogen-bond donors (Lipinski definition) is 3. The average Bonchev–Trinajstić information content (AvgIpc) is 2.97. The van der Waals surface area contributed by atoms with E-state index in [9.17, 15) is 4.79 Å². The molecule has 1 heterocycles. The molecule has 4 N–H and O–H groups in total. The predicted molar refractivity (Wildman–Crippen MR) is 98.2 cm³/mol. The Hall–Kier alpha value is -1.50. The lowest BCUT2D eigenvalue weighted by atomic mass is 10.0. The van der Waals surface area contributed by atoms with Crippen molar-refractivity contribution in [3.63, 3.8) is 0 Å². The second kappa shape index (κ2) is 11.1. The van der Waals surface area contributed by atoms with Crippen molar-refractivity contribution in [2.45, 2.75) is 59.0 Å². The van der Waals surface area contributed by atoms with Gasteiger partial charge in [0.1, 0.15) is 0 Å². The molecule has 2 unspecified atom stereocenters. The Morgan fingerprint density at radius 2 is 2.17 bits per heavy atom. The fraction of sp³-hybridized carbons (Fsp3) is 0.882. The fourth-order valence-corrected chi connectivity index (χ4v) is 3.12. The summed E-state index contributed by atoms with van der Waals surface area (Å²) in [6, 6.07) is 0.468. The first-order valence-corrected chi connectivity index (χ1v) is 9.17. The Morgan fingerprint density at radius 3 is 2.79 bits per heavy atom. The highest BCUT2D eigenvalue weighted by Gasteiger charge is 2.22. The number of amides is 1. The van der Waals surface area contributed by atoms with E-state index >= 15 is 0 Å². The van der Waals surface area contributed by atoms with Gasteiger partial charge in [-0.1, -0.05) is 20.8 Å². The van der Waals surface area contributed by atoms with E-state index < -0.39 is 6.09 Å². The van der Waals surface area contributed by atoms with Crippen LogP contribution in [0.25, 0.3) is 0 Å². The van der Waals surface area contributed by atoms with Crippen molar-refractivity contribution >= 4 is 12.1 Å². The Labute approximate surface area is 146 Å². The second-order valence-electron chi connectivity index (χ2n) is 6.72. The highest BCUT2D eigenvalue weighted by Crippen LogP contribution is 2.15. The Kier molecular flexibility index (Phi) is 9.52. The van der Waals surface area contributed by atoms with Crippen molar-refractivity contribution in [3.05, 3.63) is 0 Å². The van der Waals surface area contributed by atoms with E-state index in [2.05, 4.69) is 41.3 Å². The Bertz CT molecular complexity index is 400. The zero-order chi connectivity index (χ0) is 17.9. The van der Waals surface area contributed by atoms with Crippen LogP contribution in [0.3, 0.4) is 0 Å². The van der Waals surface area contributed by atoms with Crippen molar-refractivity contribution in [2.24, 2.45) is 16.6 Å². The molecule has 0 radical (unpaired) electrons. The number of aliphatic imine (C=N–C) groups is 1. The maximum Gasteiger partial charge on any atom is 0.407 e. The van der Waals surface area contributed by atoms with Crippen molar-refractivity contribution in [3.8, 4) is 0 Å². The highest BCUT2D eigenvalue weighted by atomic mass is 16.5. The lowest BCUT2D eigenvalue weighted by molar-refractivity contribution is 0.147. The molecule has 1 amide bonds. The van der Waals surface area contributed by atoms with Gasteiger partial charge >= 0.3 is 6.09 Å². The van der Waals surface area contributed by atoms with E-state index in [-0.39, 0.29) is 6.04 Å². The summed E-state index contributed by atoms with van der Waals surface area (Å²) in [6.07, 6.45) is 2.89. The van der Waals surface area contributed by atoms with Gasteiger partial charge in [0.05, 0.1) is 19.2 Å². The van der Waals surface area contributed by atoms with E-state index in [1.165, 1.54) is 19.4 Å². The summed E-state index contributed by atoms with van der Waals surface area (Å²) in [5.74, 6) is 0.898. The largest absolute Gasteiger partial charge is 0.450 e. The molecule has 1 saturated heterocycles. The molecule has 7 nitrogen and oxygen atoms in total. The summed E-state index contributed by atoms with van der Waals surface area (Å²) >= 11 is 0. The first-order valence-electron chi connectivity index (χ1n) is 9.17. The minimum Gasteiger partial charge on any atom is -0.450 e. The summed E-state index contributed by atoms with van der Waals surface area (Å²) in [5, 5.41) is 6.08. The van der Waals surface area contributed by atoms with Gasteiger partial charge in [0, 0.05) is 12.6 Å². The van der Waals surface area contributed by atoms with Crippen LogP contribution < -0.4 is 16.4 Å². The molecule has 2 atom stereocenters. The van der Waals surface area contributed by atoms with Crippen LogP contribution in [0.2, 0.25) is 0 Å². The number of carbonyl (C=O) groups is 1. The van der Waals surface area contributed by atoms with Gasteiger partial charge in [-0.3, -0.25) is 9.89 Å². The number of alkyl carbamates (subject to hydrolysis) is 1. The number of rotatable bonds is 9. The van der Waals surface area contributed by atoms with Gasteiger partial charge in [-0.25, -0.2) is 4.79 Å². The van der Waals surface area contributed by atoms with Crippen LogP contribution in [0.1, 0.15) is 47.0 Å². The number of carbonyl (C=O) groups excluding carboxylic acids is 1. The van der Waals surface area contributed by atoms with Crippen LogP contribution in [0, 0.1) is 5.92 Å². The van der Waals surface area contributed by atoms with Crippen molar-refractivity contribution in [1.29, 1.82) is 0 Å². The van der Waals surface area contributed by atoms with Crippen LogP contribution in [0.5, 0.6) is 0 Å². The van der Waals surface area contributed by atoms with Crippen LogP contribution in [0.15, 0.2) is 4.99 Å². The molecule has 0 aromatic carbocycles. The number of likely N-dealkylation sites (N-methyl/N-ethyl adjacent to an activating group) is 1. The molecule has 1 aliphatic rings. The summed E-state index contributed by atoms with van der Waals surface area (Å²) in [4.78, 5) is 18.5. The number of nitrogens with one attached hydrogen (secondary N) is 2. The van der Waals surface area contributed by atoms with Gasteiger partial charge in [-0.15, -0.1) is 0 Å². The molecule has 24 heavy (non-hydrogen) atoms. The third-order valence-corrected chi connectivity index (χ3v) is 4.26. The van der Waals surface area contributed by atoms with Crippen LogP contribution in [0.4, 0.5) is 4.79 Å². The minimum absolute atomic E-state index is 0.0666. The molecular weight excluding hydrogens is 306 g/mol. The molecule has 0 aliphatic carbocycles.